The van der Waals surface area contributed by atoms with Gasteiger partial charge in [0.05, 0.1) is 35.2 Å². The van der Waals surface area contributed by atoms with Crippen molar-refractivity contribution in [2.75, 3.05) is 0 Å². The third-order valence-corrected chi connectivity index (χ3v) is 4.40. The third kappa shape index (κ3) is 4.17. The summed E-state index contributed by atoms with van der Waals surface area (Å²) < 4.78 is 42.1. The van der Waals surface area contributed by atoms with Crippen LogP contribution in [0.15, 0.2) is 54.1 Å². The summed E-state index contributed by atoms with van der Waals surface area (Å²) in [4.78, 5) is 29.5. The molecule has 0 aliphatic heterocycles. The Morgan fingerprint density at radius 3 is 2.52 bits per heavy atom. The van der Waals surface area contributed by atoms with Crippen molar-refractivity contribution in [2.45, 2.75) is 32.2 Å². The van der Waals surface area contributed by atoms with E-state index in [1.807, 2.05) is 0 Å². The average molecular weight is 430 g/mol. The molecular weight excluding hydrogens is 413 g/mol. The highest BCUT2D eigenvalue weighted by molar-refractivity contribution is 5.87. The van der Waals surface area contributed by atoms with E-state index in [2.05, 4.69) is 19.9 Å². The first-order chi connectivity index (χ1) is 14.5. The van der Waals surface area contributed by atoms with Crippen LogP contribution in [0.2, 0.25) is 0 Å². The summed E-state index contributed by atoms with van der Waals surface area (Å²) >= 11 is 0. The first-order valence-electron chi connectivity index (χ1n) is 9.18. The van der Waals surface area contributed by atoms with Gasteiger partial charge in [-0.15, -0.1) is 0 Å². The topological polar surface area (TPSA) is 98.7 Å². The second-order valence-corrected chi connectivity index (χ2v) is 7.59. The van der Waals surface area contributed by atoms with E-state index in [0.29, 0.717) is 0 Å². The van der Waals surface area contributed by atoms with Crippen molar-refractivity contribution in [3.63, 3.8) is 0 Å². The van der Waals surface area contributed by atoms with Gasteiger partial charge in [-0.2, -0.15) is 13.2 Å². The van der Waals surface area contributed by atoms with E-state index in [-0.39, 0.29) is 34.7 Å². The standard InChI is InChI=1S/C20H17F3N6O2/c1-19(2,31)9-29-11-25-16-12(18(29)30)8-14(27-17(16)28-7-6-24-10-28)13-4-3-5-15(26-13)20(21,22)23/h3-8,10-11,31H,9H2,1-2H3. The summed E-state index contributed by atoms with van der Waals surface area (Å²) in [6.45, 7) is 3.07. The van der Waals surface area contributed by atoms with E-state index < -0.39 is 23.0 Å². The minimum atomic E-state index is -4.62. The molecule has 160 valence electrons. The zero-order valence-corrected chi connectivity index (χ0v) is 16.5. The number of hydrogen-bond donors (Lipinski definition) is 1. The highest BCUT2D eigenvalue weighted by Gasteiger charge is 2.32. The summed E-state index contributed by atoms with van der Waals surface area (Å²) in [5.41, 5.74) is -2.45. The van der Waals surface area contributed by atoms with E-state index in [1.165, 1.54) is 46.2 Å². The van der Waals surface area contributed by atoms with Crippen LogP contribution in [0.3, 0.4) is 0 Å². The maximum Gasteiger partial charge on any atom is 0.433 e. The van der Waals surface area contributed by atoms with Gasteiger partial charge >= 0.3 is 6.18 Å². The first kappa shape index (κ1) is 20.7. The molecule has 0 unspecified atom stereocenters. The molecule has 0 saturated carbocycles. The van der Waals surface area contributed by atoms with Gasteiger partial charge < -0.3 is 5.11 Å². The largest absolute Gasteiger partial charge is 0.433 e. The van der Waals surface area contributed by atoms with Crippen LogP contribution in [0.4, 0.5) is 13.2 Å². The Bertz CT molecular complexity index is 1310. The zero-order chi connectivity index (χ0) is 22.4. The van der Waals surface area contributed by atoms with Gasteiger partial charge in [-0.1, -0.05) is 6.07 Å². The number of rotatable bonds is 4. The summed E-state index contributed by atoms with van der Waals surface area (Å²) in [7, 11) is 0. The maximum absolute atomic E-state index is 13.1. The SMILES string of the molecule is CC(C)(O)Cn1cnc2c(-n3ccnc3)nc(-c3cccc(C(F)(F)F)n3)cc2c1=O. The molecule has 0 aliphatic carbocycles. The van der Waals surface area contributed by atoms with Crippen molar-refractivity contribution >= 4 is 10.9 Å². The minimum absolute atomic E-state index is 0.0192. The maximum atomic E-state index is 13.1. The van der Waals surface area contributed by atoms with Crippen molar-refractivity contribution < 1.29 is 18.3 Å². The van der Waals surface area contributed by atoms with Gasteiger partial charge in [0.1, 0.15) is 17.5 Å². The lowest BCUT2D eigenvalue weighted by Gasteiger charge is -2.19. The van der Waals surface area contributed by atoms with E-state index in [1.54, 1.807) is 20.0 Å². The molecule has 4 aromatic heterocycles. The van der Waals surface area contributed by atoms with E-state index in [9.17, 15) is 23.1 Å². The fraction of sp³-hybridized carbons (Fsp3) is 0.250. The van der Waals surface area contributed by atoms with Crippen molar-refractivity contribution in [3.05, 3.63) is 65.4 Å². The molecule has 0 bridgehead atoms. The third-order valence-electron chi connectivity index (χ3n) is 4.40. The lowest BCUT2D eigenvalue weighted by molar-refractivity contribution is -0.141. The van der Waals surface area contributed by atoms with Crippen molar-refractivity contribution in [2.24, 2.45) is 0 Å². The molecule has 8 nitrogen and oxygen atoms in total. The Morgan fingerprint density at radius 2 is 1.87 bits per heavy atom. The van der Waals surface area contributed by atoms with Crippen molar-refractivity contribution in [1.29, 1.82) is 0 Å². The Hall–Kier alpha value is -3.60. The van der Waals surface area contributed by atoms with E-state index >= 15 is 0 Å². The van der Waals surface area contributed by atoms with Crippen molar-refractivity contribution in [3.8, 4) is 17.2 Å². The Morgan fingerprint density at radius 1 is 1.10 bits per heavy atom. The molecule has 0 amide bonds. The number of fused-ring (bicyclic) bond motifs is 1. The molecule has 31 heavy (non-hydrogen) atoms. The summed E-state index contributed by atoms with van der Waals surface area (Å²) in [5.74, 6) is 0.219. The molecule has 0 atom stereocenters. The molecule has 0 radical (unpaired) electrons. The predicted molar refractivity (Wildman–Crippen MR) is 105 cm³/mol. The number of aromatic nitrogens is 6. The predicted octanol–water partition coefficient (Wildman–Crippen LogP) is 2.83. The molecular formula is C20H17F3N6O2. The second kappa shape index (κ2) is 7.27. The molecule has 11 heteroatoms. The number of nitrogens with zero attached hydrogens (tertiary/aromatic N) is 6. The molecule has 4 rings (SSSR count). The average Bonchev–Trinajstić information content (AvgIpc) is 3.23. The van der Waals surface area contributed by atoms with E-state index in [0.717, 1.165) is 6.07 Å². The van der Waals surface area contributed by atoms with Gasteiger partial charge in [-0.25, -0.2) is 19.9 Å². The number of alkyl halides is 3. The number of halogens is 3. The Kier molecular flexibility index (Phi) is 4.85. The van der Waals surface area contributed by atoms with Gasteiger partial charge in [0.25, 0.3) is 5.56 Å². The quantitative estimate of drug-likeness (QED) is 0.535. The number of hydrogen-bond acceptors (Lipinski definition) is 6. The summed E-state index contributed by atoms with van der Waals surface area (Å²) in [6, 6.07) is 4.82. The monoisotopic (exact) mass is 430 g/mol. The van der Waals surface area contributed by atoms with Gasteiger partial charge in [-0.05, 0) is 32.0 Å². The van der Waals surface area contributed by atoms with Crippen molar-refractivity contribution in [1.82, 2.24) is 29.1 Å². The fourth-order valence-corrected chi connectivity index (χ4v) is 3.11. The van der Waals surface area contributed by atoms with Crippen LogP contribution in [0, 0.1) is 0 Å². The van der Waals surface area contributed by atoms with Crippen LogP contribution in [0.1, 0.15) is 19.5 Å². The van der Waals surface area contributed by atoms with Crippen LogP contribution in [-0.4, -0.2) is 39.8 Å². The van der Waals surface area contributed by atoms with Crippen LogP contribution in [0.5, 0.6) is 0 Å². The minimum Gasteiger partial charge on any atom is -0.389 e. The molecule has 0 saturated heterocycles. The number of pyridine rings is 2. The van der Waals surface area contributed by atoms with Gasteiger partial charge in [0.2, 0.25) is 0 Å². The Labute approximate surface area is 173 Å². The van der Waals surface area contributed by atoms with Gasteiger partial charge in [0, 0.05) is 12.4 Å². The molecule has 0 aromatic carbocycles. The second-order valence-electron chi connectivity index (χ2n) is 7.59. The number of aliphatic hydroxyl groups is 1. The van der Waals surface area contributed by atoms with Crippen LogP contribution in [0.25, 0.3) is 28.1 Å². The van der Waals surface area contributed by atoms with Crippen LogP contribution in [-0.2, 0) is 12.7 Å². The van der Waals surface area contributed by atoms with E-state index in [4.69, 9.17) is 0 Å². The van der Waals surface area contributed by atoms with Crippen LogP contribution >= 0.6 is 0 Å². The lowest BCUT2D eigenvalue weighted by atomic mass is 10.1. The smallest absolute Gasteiger partial charge is 0.389 e. The van der Waals surface area contributed by atoms with Gasteiger partial charge in [-0.3, -0.25) is 13.9 Å². The highest BCUT2D eigenvalue weighted by Crippen LogP contribution is 2.30. The molecule has 0 spiro atoms. The lowest BCUT2D eigenvalue weighted by Crippen LogP contribution is -2.33. The van der Waals surface area contributed by atoms with Crippen LogP contribution < -0.4 is 5.56 Å². The highest BCUT2D eigenvalue weighted by atomic mass is 19.4. The summed E-state index contributed by atoms with van der Waals surface area (Å²) in [5, 5.41) is 10.2. The molecule has 0 fully saturated rings. The van der Waals surface area contributed by atoms with Gasteiger partial charge in [0.15, 0.2) is 5.82 Å². The summed E-state index contributed by atoms with van der Waals surface area (Å²) in [6.07, 6.45) is 1.19. The number of imidazole rings is 1. The normalized spacial score (nSPS) is 12.5. The first-order valence-corrected chi connectivity index (χ1v) is 9.18. The zero-order valence-electron chi connectivity index (χ0n) is 16.5. The fourth-order valence-electron chi connectivity index (χ4n) is 3.11. The molecule has 1 N–H and O–H groups in total. The molecule has 4 aromatic rings. The molecule has 4 heterocycles. The molecule has 0 aliphatic rings. The Balaban J connectivity index is 1.99.